The lowest BCUT2D eigenvalue weighted by Gasteiger charge is -2.09. The SMILES string of the molecule is COc1cc(F)c(NC(=O)c2ccc3nc(C)ccc3c2)cc1F. The molecule has 0 aliphatic rings. The number of nitrogens with zero attached hydrogens (tertiary/aromatic N) is 1. The Hall–Kier alpha value is -3.02. The van der Waals surface area contributed by atoms with E-state index in [0.717, 1.165) is 28.7 Å². The largest absolute Gasteiger partial charge is 0.494 e. The van der Waals surface area contributed by atoms with E-state index in [1.807, 2.05) is 19.1 Å². The molecule has 0 radical (unpaired) electrons. The maximum Gasteiger partial charge on any atom is 0.255 e. The third-order valence-electron chi connectivity index (χ3n) is 3.58. The first-order valence-corrected chi connectivity index (χ1v) is 7.20. The number of fused-ring (bicyclic) bond motifs is 1. The van der Waals surface area contributed by atoms with Gasteiger partial charge in [0.1, 0.15) is 0 Å². The Morgan fingerprint density at radius 2 is 1.88 bits per heavy atom. The number of aryl methyl sites for hydroxylation is 1. The molecule has 0 fully saturated rings. The van der Waals surface area contributed by atoms with Crippen LogP contribution in [0.2, 0.25) is 0 Å². The Labute approximate surface area is 137 Å². The molecule has 0 saturated carbocycles. The predicted molar refractivity (Wildman–Crippen MR) is 87.3 cm³/mol. The molecule has 122 valence electrons. The number of nitrogens with one attached hydrogen (secondary N) is 1. The topological polar surface area (TPSA) is 51.2 Å². The maximum absolute atomic E-state index is 13.9. The van der Waals surface area contributed by atoms with Crippen LogP contribution in [0.1, 0.15) is 16.1 Å². The van der Waals surface area contributed by atoms with Crippen LogP contribution in [0.3, 0.4) is 0 Å². The van der Waals surface area contributed by atoms with Gasteiger partial charge < -0.3 is 10.1 Å². The molecule has 0 atom stereocenters. The zero-order valence-corrected chi connectivity index (χ0v) is 13.1. The second-order valence-electron chi connectivity index (χ2n) is 5.28. The van der Waals surface area contributed by atoms with Gasteiger partial charge in [-0.25, -0.2) is 8.78 Å². The third kappa shape index (κ3) is 3.03. The number of anilines is 1. The summed E-state index contributed by atoms with van der Waals surface area (Å²) in [5.41, 5.74) is 1.70. The van der Waals surface area contributed by atoms with Gasteiger partial charge in [0, 0.05) is 28.8 Å². The fourth-order valence-corrected chi connectivity index (χ4v) is 2.34. The highest BCUT2D eigenvalue weighted by molar-refractivity contribution is 6.06. The molecule has 1 amide bonds. The maximum atomic E-state index is 13.9. The lowest BCUT2D eigenvalue weighted by molar-refractivity contribution is 0.102. The van der Waals surface area contributed by atoms with Crippen molar-refractivity contribution < 1.29 is 18.3 Å². The van der Waals surface area contributed by atoms with Crippen LogP contribution in [-0.4, -0.2) is 18.0 Å². The number of carbonyl (C=O) groups excluding carboxylic acids is 1. The van der Waals surface area contributed by atoms with Crippen molar-refractivity contribution in [2.45, 2.75) is 6.92 Å². The summed E-state index contributed by atoms with van der Waals surface area (Å²) in [6.45, 7) is 1.88. The van der Waals surface area contributed by atoms with Crippen molar-refractivity contribution in [3.63, 3.8) is 0 Å². The van der Waals surface area contributed by atoms with Crippen LogP contribution in [0.15, 0.2) is 42.5 Å². The molecule has 0 aliphatic carbocycles. The van der Waals surface area contributed by atoms with Gasteiger partial charge in [-0.2, -0.15) is 0 Å². The number of amides is 1. The number of aromatic nitrogens is 1. The normalized spacial score (nSPS) is 10.7. The number of pyridine rings is 1. The number of rotatable bonds is 3. The molecule has 24 heavy (non-hydrogen) atoms. The van der Waals surface area contributed by atoms with E-state index in [4.69, 9.17) is 4.74 Å². The van der Waals surface area contributed by atoms with E-state index in [0.29, 0.717) is 5.56 Å². The monoisotopic (exact) mass is 328 g/mol. The Bertz CT molecular complexity index is 942. The van der Waals surface area contributed by atoms with Gasteiger partial charge in [-0.05, 0) is 31.2 Å². The van der Waals surface area contributed by atoms with Crippen molar-refractivity contribution >= 4 is 22.5 Å². The molecule has 0 unspecified atom stereocenters. The molecule has 3 aromatic rings. The molecular weight excluding hydrogens is 314 g/mol. The fourth-order valence-electron chi connectivity index (χ4n) is 2.34. The van der Waals surface area contributed by atoms with Crippen molar-refractivity contribution in [3.8, 4) is 5.75 Å². The van der Waals surface area contributed by atoms with Gasteiger partial charge in [0.2, 0.25) is 0 Å². The van der Waals surface area contributed by atoms with Crippen LogP contribution in [-0.2, 0) is 0 Å². The van der Waals surface area contributed by atoms with Gasteiger partial charge in [0.15, 0.2) is 17.4 Å². The van der Waals surface area contributed by atoms with Gasteiger partial charge >= 0.3 is 0 Å². The summed E-state index contributed by atoms with van der Waals surface area (Å²) < 4.78 is 32.3. The summed E-state index contributed by atoms with van der Waals surface area (Å²) in [5, 5.41) is 3.15. The molecular formula is C18H14F2N2O2. The summed E-state index contributed by atoms with van der Waals surface area (Å²) in [6.07, 6.45) is 0. The van der Waals surface area contributed by atoms with Gasteiger partial charge in [-0.15, -0.1) is 0 Å². The molecule has 0 bridgehead atoms. The predicted octanol–water partition coefficient (Wildman–Crippen LogP) is 4.08. The molecule has 0 spiro atoms. The lowest BCUT2D eigenvalue weighted by Crippen LogP contribution is -2.13. The molecule has 0 aliphatic heterocycles. The minimum Gasteiger partial charge on any atom is -0.494 e. The van der Waals surface area contributed by atoms with Crippen molar-refractivity contribution in [2.24, 2.45) is 0 Å². The number of hydrogen-bond donors (Lipinski definition) is 1. The average Bonchev–Trinajstić information content (AvgIpc) is 2.57. The van der Waals surface area contributed by atoms with Crippen molar-refractivity contribution in [1.82, 2.24) is 4.98 Å². The Kier molecular flexibility index (Phi) is 4.12. The van der Waals surface area contributed by atoms with Crippen molar-refractivity contribution in [1.29, 1.82) is 0 Å². The van der Waals surface area contributed by atoms with E-state index in [9.17, 15) is 13.6 Å². The first-order valence-electron chi connectivity index (χ1n) is 7.20. The van der Waals surface area contributed by atoms with Gasteiger partial charge in [0.25, 0.3) is 5.91 Å². The first-order chi connectivity index (χ1) is 11.5. The van der Waals surface area contributed by atoms with Gasteiger partial charge in [0.05, 0.1) is 18.3 Å². The van der Waals surface area contributed by atoms with E-state index in [2.05, 4.69) is 10.3 Å². The Morgan fingerprint density at radius 3 is 2.62 bits per heavy atom. The fraction of sp³-hybridized carbons (Fsp3) is 0.111. The zero-order chi connectivity index (χ0) is 17.3. The van der Waals surface area contributed by atoms with Crippen molar-refractivity contribution in [3.05, 3.63) is 65.4 Å². The molecule has 0 saturated heterocycles. The average molecular weight is 328 g/mol. The van der Waals surface area contributed by atoms with Crippen LogP contribution in [0.4, 0.5) is 14.5 Å². The van der Waals surface area contributed by atoms with Crippen LogP contribution in [0.5, 0.6) is 5.75 Å². The number of ether oxygens (including phenoxy) is 1. The summed E-state index contributed by atoms with van der Waals surface area (Å²) in [7, 11) is 1.24. The number of benzene rings is 2. The Morgan fingerprint density at radius 1 is 1.08 bits per heavy atom. The van der Waals surface area contributed by atoms with Crippen LogP contribution in [0.25, 0.3) is 10.9 Å². The number of hydrogen-bond acceptors (Lipinski definition) is 3. The van der Waals surface area contributed by atoms with E-state index >= 15 is 0 Å². The van der Waals surface area contributed by atoms with Gasteiger partial charge in [-0.3, -0.25) is 9.78 Å². The highest BCUT2D eigenvalue weighted by Gasteiger charge is 2.14. The van der Waals surface area contributed by atoms with Crippen LogP contribution < -0.4 is 10.1 Å². The molecule has 2 aromatic carbocycles. The molecule has 4 nitrogen and oxygen atoms in total. The minimum atomic E-state index is -0.778. The highest BCUT2D eigenvalue weighted by Crippen LogP contribution is 2.25. The number of carbonyl (C=O) groups is 1. The van der Waals surface area contributed by atoms with E-state index < -0.39 is 17.5 Å². The summed E-state index contributed by atoms with van der Waals surface area (Å²) >= 11 is 0. The molecule has 1 N–H and O–H groups in total. The quantitative estimate of drug-likeness (QED) is 0.788. The molecule has 6 heteroatoms. The van der Waals surface area contributed by atoms with Crippen LogP contribution in [0, 0.1) is 18.6 Å². The second kappa shape index (κ2) is 6.23. The number of methoxy groups -OCH3 is 1. The summed E-state index contributed by atoms with van der Waals surface area (Å²) in [4.78, 5) is 16.6. The second-order valence-corrected chi connectivity index (χ2v) is 5.28. The van der Waals surface area contributed by atoms with Gasteiger partial charge in [-0.1, -0.05) is 6.07 Å². The molecule has 3 rings (SSSR count). The zero-order valence-electron chi connectivity index (χ0n) is 13.1. The van der Waals surface area contributed by atoms with E-state index in [1.165, 1.54) is 7.11 Å². The standard InChI is InChI=1S/C18H14F2N2O2/c1-10-3-4-11-7-12(5-6-15(11)21-10)18(23)22-16-8-14(20)17(24-2)9-13(16)19/h3-9H,1-2H3,(H,22,23). The third-order valence-corrected chi connectivity index (χ3v) is 3.58. The number of halogens is 2. The van der Waals surface area contributed by atoms with E-state index in [-0.39, 0.29) is 11.4 Å². The molecule has 1 heterocycles. The highest BCUT2D eigenvalue weighted by atomic mass is 19.1. The van der Waals surface area contributed by atoms with Crippen LogP contribution >= 0.6 is 0 Å². The Balaban J connectivity index is 1.90. The summed E-state index contributed by atoms with van der Waals surface area (Å²) in [6, 6.07) is 10.4. The first kappa shape index (κ1) is 15.9. The minimum absolute atomic E-state index is 0.224. The smallest absolute Gasteiger partial charge is 0.255 e. The lowest BCUT2D eigenvalue weighted by atomic mass is 10.1. The van der Waals surface area contributed by atoms with E-state index in [1.54, 1.807) is 18.2 Å². The summed E-state index contributed by atoms with van der Waals surface area (Å²) in [5.74, 6) is -2.30. The molecule has 1 aromatic heterocycles. The van der Waals surface area contributed by atoms with Crippen molar-refractivity contribution in [2.75, 3.05) is 12.4 Å².